The Bertz CT molecular complexity index is 1120. The van der Waals surface area contributed by atoms with Crippen LogP contribution in [0.4, 0.5) is 0 Å². The molecule has 0 bridgehead atoms. The molecule has 5 rings (SSSR count). The van der Waals surface area contributed by atoms with E-state index < -0.39 is 0 Å². The summed E-state index contributed by atoms with van der Waals surface area (Å²) in [6.45, 7) is 3.47. The fourth-order valence-corrected chi connectivity index (χ4v) is 6.80. The van der Waals surface area contributed by atoms with Gasteiger partial charge in [0.1, 0.15) is 5.75 Å². The van der Waals surface area contributed by atoms with Crippen LogP contribution < -0.4 is 10.1 Å². The van der Waals surface area contributed by atoms with Gasteiger partial charge in [-0.3, -0.25) is 9.59 Å². The predicted octanol–water partition coefficient (Wildman–Crippen LogP) is 4.89. The molecule has 0 radical (unpaired) electrons. The number of hydrogen-bond acceptors (Lipinski definition) is 6. The molecule has 3 aromatic rings. The number of nitrogens with zero attached hydrogens (tertiary/aromatic N) is 2. The fourth-order valence-electron chi connectivity index (χ4n) is 4.97. The minimum absolute atomic E-state index is 0.00451. The number of nitrogens with one attached hydrogen (secondary N) is 1. The van der Waals surface area contributed by atoms with E-state index in [1.807, 2.05) is 29.3 Å². The molecular formula is C24H29N3O3S2. The lowest BCUT2D eigenvalue weighted by atomic mass is 9.87. The molecule has 0 atom stereocenters. The highest BCUT2D eigenvalue weighted by Crippen LogP contribution is 2.38. The third kappa shape index (κ3) is 4.48. The van der Waals surface area contributed by atoms with Crippen LogP contribution in [0.15, 0.2) is 17.5 Å². The number of likely N-dealkylation sites (tertiary alicyclic amines) is 1. The second-order valence-electron chi connectivity index (χ2n) is 8.91. The summed E-state index contributed by atoms with van der Waals surface area (Å²) in [5.74, 6) is 1.18. The third-order valence-corrected chi connectivity index (χ3v) is 8.49. The molecule has 8 heteroatoms. The number of carbonyl (C=O) groups excluding carboxylic acids is 2. The van der Waals surface area contributed by atoms with Gasteiger partial charge in [0.05, 0.1) is 19.9 Å². The Morgan fingerprint density at radius 1 is 1.19 bits per heavy atom. The molecule has 1 saturated carbocycles. The number of benzene rings is 1. The molecule has 2 aromatic heterocycles. The van der Waals surface area contributed by atoms with E-state index in [9.17, 15) is 9.59 Å². The molecule has 2 fully saturated rings. The number of thiophene rings is 1. The highest BCUT2D eigenvalue weighted by Gasteiger charge is 2.29. The Kier molecular flexibility index (Phi) is 6.33. The molecule has 0 spiro atoms. The molecular weight excluding hydrogens is 442 g/mol. The van der Waals surface area contributed by atoms with Crippen molar-refractivity contribution in [1.29, 1.82) is 0 Å². The normalized spacial score (nSPS) is 18.3. The molecule has 6 nitrogen and oxygen atoms in total. The molecule has 3 heterocycles. The number of carbonyl (C=O) groups is 2. The Balaban J connectivity index is 1.14. The van der Waals surface area contributed by atoms with Crippen LogP contribution in [0.25, 0.3) is 20.3 Å². The molecule has 1 saturated heterocycles. The number of hydrogen-bond donors (Lipinski definition) is 1. The first kappa shape index (κ1) is 21.6. The van der Waals surface area contributed by atoms with Crippen molar-refractivity contribution in [2.75, 3.05) is 19.7 Å². The Morgan fingerprint density at radius 3 is 2.75 bits per heavy atom. The van der Waals surface area contributed by atoms with E-state index in [2.05, 4.69) is 10.3 Å². The lowest BCUT2D eigenvalue weighted by molar-refractivity contribution is -0.137. The fraction of sp³-hybridized carbons (Fsp3) is 0.542. The molecule has 0 unspecified atom stereocenters. The molecule has 1 aliphatic heterocycles. The summed E-state index contributed by atoms with van der Waals surface area (Å²) in [5, 5.41) is 7.17. The maximum atomic E-state index is 12.7. The van der Waals surface area contributed by atoms with Crippen LogP contribution in [0.1, 0.15) is 50.0 Å². The van der Waals surface area contributed by atoms with Crippen molar-refractivity contribution < 1.29 is 14.3 Å². The number of amides is 2. The SMILES string of the molecule is Cc1nc2c(cc(OCC(=O)NC3CCN(C(=O)C4CCCCC4)CC3)c3ccsc32)s1. The zero-order valence-corrected chi connectivity index (χ0v) is 20.0. The Labute approximate surface area is 196 Å². The molecule has 32 heavy (non-hydrogen) atoms. The number of rotatable bonds is 5. The first-order valence-corrected chi connectivity index (χ1v) is 13.3. The molecule has 1 aliphatic carbocycles. The standard InChI is InChI=1S/C24H29N3O3S2/c1-15-25-22-20(32-15)13-19(18-9-12-31-23(18)22)30-14-21(28)26-17-7-10-27(11-8-17)24(29)16-5-3-2-4-6-16/h9,12-13,16-17H,2-8,10-11,14H2,1H3,(H,26,28). The first-order valence-electron chi connectivity index (χ1n) is 11.6. The van der Waals surface area contributed by atoms with Crippen LogP contribution >= 0.6 is 22.7 Å². The van der Waals surface area contributed by atoms with Gasteiger partial charge in [-0.15, -0.1) is 22.7 Å². The van der Waals surface area contributed by atoms with Crippen molar-refractivity contribution in [3.8, 4) is 5.75 Å². The second kappa shape index (κ2) is 9.35. The highest BCUT2D eigenvalue weighted by molar-refractivity contribution is 7.21. The van der Waals surface area contributed by atoms with Crippen molar-refractivity contribution in [2.45, 2.75) is 57.9 Å². The number of fused-ring (bicyclic) bond motifs is 3. The van der Waals surface area contributed by atoms with E-state index in [4.69, 9.17) is 4.74 Å². The number of aromatic nitrogens is 1. The Hall–Kier alpha value is -2.19. The van der Waals surface area contributed by atoms with Crippen molar-refractivity contribution in [2.24, 2.45) is 5.92 Å². The average Bonchev–Trinajstić information content (AvgIpc) is 3.44. The highest BCUT2D eigenvalue weighted by atomic mass is 32.1. The van der Waals surface area contributed by atoms with E-state index in [1.165, 1.54) is 19.3 Å². The summed E-state index contributed by atoms with van der Waals surface area (Å²) in [7, 11) is 0. The summed E-state index contributed by atoms with van der Waals surface area (Å²) in [6.07, 6.45) is 7.31. The van der Waals surface area contributed by atoms with Crippen LogP contribution in [-0.2, 0) is 9.59 Å². The average molecular weight is 472 g/mol. The number of piperidine rings is 1. The maximum absolute atomic E-state index is 12.7. The first-order chi connectivity index (χ1) is 15.6. The van der Waals surface area contributed by atoms with Gasteiger partial charge < -0.3 is 15.0 Å². The van der Waals surface area contributed by atoms with Crippen LogP contribution in [0, 0.1) is 12.8 Å². The van der Waals surface area contributed by atoms with Gasteiger partial charge >= 0.3 is 0 Å². The summed E-state index contributed by atoms with van der Waals surface area (Å²) in [5.41, 5.74) is 1.02. The van der Waals surface area contributed by atoms with E-state index in [-0.39, 0.29) is 24.5 Å². The summed E-state index contributed by atoms with van der Waals surface area (Å²) < 4.78 is 8.14. The van der Waals surface area contributed by atoms with E-state index in [0.29, 0.717) is 5.91 Å². The topological polar surface area (TPSA) is 71.5 Å². The largest absolute Gasteiger partial charge is 0.483 e. The summed E-state index contributed by atoms with van der Waals surface area (Å²) in [6, 6.07) is 4.13. The minimum atomic E-state index is -0.106. The molecule has 170 valence electrons. The third-order valence-electron chi connectivity index (χ3n) is 6.65. The van der Waals surface area contributed by atoms with Crippen LogP contribution in [0.5, 0.6) is 5.75 Å². The number of aryl methyl sites for hydroxylation is 1. The van der Waals surface area contributed by atoms with Crippen LogP contribution in [0.2, 0.25) is 0 Å². The zero-order valence-electron chi connectivity index (χ0n) is 18.4. The van der Waals surface area contributed by atoms with Crippen molar-refractivity contribution in [3.63, 3.8) is 0 Å². The quantitative estimate of drug-likeness (QED) is 0.575. The van der Waals surface area contributed by atoms with Gasteiger partial charge in [-0.25, -0.2) is 4.98 Å². The van der Waals surface area contributed by atoms with Crippen molar-refractivity contribution in [3.05, 3.63) is 22.5 Å². The molecule has 1 N–H and O–H groups in total. The van der Waals surface area contributed by atoms with Gasteiger partial charge in [-0.2, -0.15) is 0 Å². The van der Waals surface area contributed by atoms with E-state index >= 15 is 0 Å². The van der Waals surface area contributed by atoms with Gasteiger partial charge in [0.15, 0.2) is 6.61 Å². The molecule has 2 aliphatic rings. The lowest BCUT2D eigenvalue weighted by Crippen LogP contribution is -2.49. The van der Waals surface area contributed by atoms with Gasteiger partial charge in [-0.05, 0) is 44.1 Å². The van der Waals surface area contributed by atoms with E-state index in [1.54, 1.807) is 22.7 Å². The van der Waals surface area contributed by atoms with Gasteiger partial charge in [0.2, 0.25) is 5.91 Å². The second-order valence-corrected chi connectivity index (χ2v) is 11.1. The summed E-state index contributed by atoms with van der Waals surface area (Å²) >= 11 is 3.29. The smallest absolute Gasteiger partial charge is 0.258 e. The van der Waals surface area contributed by atoms with Gasteiger partial charge in [0, 0.05) is 36.5 Å². The van der Waals surface area contributed by atoms with Gasteiger partial charge in [0.25, 0.3) is 5.91 Å². The maximum Gasteiger partial charge on any atom is 0.258 e. The van der Waals surface area contributed by atoms with E-state index in [0.717, 1.165) is 69.8 Å². The van der Waals surface area contributed by atoms with Crippen molar-refractivity contribution in [1.82, 2.24) is 15.2 Å². The van der Waals surface area contributed by atoms with Gasteiger partial charge in [-0.1, -0.05) is 19.3 Å². The molecule has 1 aromatic carbocycles. The molecule has 2 amide bonds. The van der Waals surface area contributed by atoms with Crippen LogP contribution in [-0.4, -0.2) is 47.4 Å². The Morgan fingerprint density at radius 2 is 1.97 bits per heavy atom. The van der Waals surface area contributed by atoms with Crippen molar-refractivity contribution >= 4 is 54.8 Å². The monoisotopic (exact) mass is 471 g/mol. The lowest BCUT2D eigenvalue weighted by Gasteiger charge is -2.35. The predicted molar refractivity (Wildman–Crippen MR) is 130 cm³/mol. The summed E-state index contributed by atoms with van der Waals surface area (Å²) in [4.78, 5) is 32.0. The minimum Gasteiger partial charge on any atom is -0.483 e. The zero-order chi connectivity index (χ0) is 22.1. The number of ether oxygens (including phenoxy) is 1. The van der Waals surface area contributed by atoms with Crippen LogP contribution in [0.3, 0.4) is 0 Å². The number of thiazole rings is 1.